The average Bonchev–Trinajstić information content (AvgIpc) is 2.93. The van der Waals surface area contributed by atoms with Crippen molar-refractivity contribution in [3.8, 4) is 11.5 Å². The fraction of sp³-hybridized carbons (Fsp3) is 0.179. The number of ether oxygens (including phenoxy) is 2. The summed E-state index contributed by atoms with van der Waals surface area (Å²) in [4.78, 5) is 22.0. The molecule has 0 unspecified atom stereocenters. The highest BCUT2D eigenvalue weighted by Crippen LogP contribution is 2.36. The second-order valence-electron chi connectivity index (χ2n) is 8.75. The van der Waals surface area contributed by atoms with Crippen molar-refractivity contribution in [1.82, 2.24) is 0 Å². The van der Waals surface area contributed by atoms with E-state index in [-0.39, 0.29) is 40.5 Å². The predicted octanol–water partition coefficient (Wildman–Crippen LogP) is 6.50. The van der Waals surface area contributed by atoms with Crippen LogP contribution in [0.25, 0.3) is 0 Å². The number of hydrogen-bond acceptors (Lipinski definition) is 7. The number of carbonyl (C=O) groups is 1. The molecule has 0 saturated carbocycles. The van der Waals surface area contributed by atoms with Gasteiger partial charge in [0.25, 0.3) is 0 Å². The summed E-state index contributed by atoms with van der Waals surface area (Å²) in [6.45, 7) is 0.608. The Morgan fingerprint density at radius 2 is 1.67 bits per heavy atom. The average molecular weight is 619 g/mol. The molecule has 1 saturated heterocycles. The maximum atomic E-state index is 13.6. The smallest absolute Gasteiger partial charge is 0.431 e. The summed E-state index contributed by atoms with van der Waals surface area (Å²) < 4.78 is 72.5. The van der Waals surface area contributed by atoms with E-state index in [0.29, 0.717) is 29.5 Å². The monoisotopic (exact) mass is 618 g/mol. The second kappa shape index (κ2) is 13.5. The Kier molecular flexibility index (Phi) is 9.75. The van der Waals surface area contributed by atoms with Crippen LogP contribution in [0.3, 0.4) is 0 Å². The van der Waals surface area contributed by atoms with Gasteiger partial charge in [0.05, 0.1) is 17.6 Å². The quantitative estimate of drug-likeness (QED) is 0.127. The van der Waals surface area contributed by atoms with Crippen LogP contribution >= 0.6 is 11.8 Å². The zero-order valence-electron chi connectivity index (χ0n) is 22.3. The van der Waals surface area contributed by atoms with Gasteiger partial charge in [-0.2, -0.15) is 13.9 Å². The van der Waals surface area contributed by atoms with Crippen LogP contribution < -0.4 is 20.1 Å². The van der Waals surface area contributed by atoms with Crippen LogP contribution in [0.4, 0.5) is 33.3 Å². The van der Waals surface area contributed by atoms with Crippen molar-refractivity contribution in [2.24, 2.45) is 25.9 Å². The lowest BCUT2D eigenvalue weighted by Crippen LogP contribution is -2.39. The van der Waals surface area contributed by atoms with Gasteiger partial charge in [0.1, 0.15) is 17.9 Å². The Balaban J connectivity index is 1.42. The van der Waals surface area contributed by atoms with E-state index in [2.05, 4.69) is 24.9 Å². The molecule has 1 heterocycles. The molecule has 1 aliphatic heterocycles. The van der Waals surface area contributed by atoms with Gasteiger partial charge in [0.2, 0.25) is 5.91 Å². The van der Waals surface area contributed by atoms with Crippen molar-refractivity contribution in [3.63, 3.8) is 0 Å². The molecule has 0 aromatic heterocycles. The predicted molar refractivity (Wildman–Crippen MR) is 156 cm³/mol. The summed E-state index contributed by atoms with van der Waals surface area (Å²) in [5.74, 6) is -0.289. The number of aliphatic imine (C=N–C) groups is 2. The molecule has 43 heavy (non-hydrogen) atoms. The minimum Gasteiger partial charge on any atom is -0.431 e. The molecule has 2 N–H and O–H groups in total. The summed E-state index contributed by atoms with van der Waals surface area (Å²) in [5, 5.41) is 8.43. The van der Waals surface area contributed by atoms with Crippen LogP contribution in [0.5, 0.6) is 11.5 Å². The van der Waals surface area contributed by atoms with Gasteiger partial charge in [-0.1, -0.05) is 48.2 Å². The SMILES string of the molecule is CC(F)(F)Oc1ccccc1N1C(=O)CCS/C1=N/N=C\c1ccc(C(N)=NC=Nc2ccc(OC(F)(F)F)cc2)cc1. The summed E-state index contributed by atoms with van der Waals surface area (Å²) in [6, 6.07) is 17.6. The number of halogens is 5. The highest BCUT2D eigenvalue weighted by molar-refractivity contribution is 8.14. The number of nitrogens with zero attached hydrogens (tertiary/aromatic N) is 5. The van der Waals surface area contributed by atoms with E-state index in [4.69, 9.17) is 10.5 Å². The Hall–Kier alpha value is -4.79. The number of rotatable bonds is 9. The molecule has 4 rings (SSSR count). The van der Waals surface area contributed by atoms with Crippen molar-refractivity contribution in [1.29, 1.82) is 0 Å². The fourth-order valence-electron chi connectivity index (χ4n) is 3.60. The number of thioether (sulfide) groups is 1. The molecule has 9 nitrogen and oxygen atoms in total. The van der Waals surface area contributed by atoms with Gasteiger partial charge in [-0.3, -0.25) is 9.69 Å². The third-order valence-electron chi connectivity index (χ3n) is 5.41. The lowest BCUT2D eigenvalue weighted by atomic mass is 10.1. The van der Waals surface area contributed by atoms with E-state index in [9.17, 15) is 26.7 Å². The van der Waals surface area contributed by atoms with Crippen molar-refractivity contribution in [3.05, 3.63) is 83.9 Å². The van der Waals surface area contributed by atoms with E-state index < -0.39 is 12.5 Å². The van der Waals surface area contributed by atoms with Crippen molar-refractivity contribution >= 4 is 52.6 Å². The van der Waals surface area contributed by atoms with Crippen molar-refractivity contribution < 1.29 is 36.2 Å². The minimum atomic E-state index is -4.78. The third kappa shape index (κ3) is 9.36. The topological polar surface area (TPSA) is 114 Å². The Bertz CT molecular complexity index is 1550. The first-order valence-corrected chi connectivity index (χ1v) is 13.4. The molecule has 1 amide bonds. The number of nitrogens with two attached hydrogens (primary N) is 1. The number of amidine groups is 2. The number of alkyl halides is 5. The molecule has 3 aromatic carbocycles. The van der Waals surface area contributed by atoms with Gasteiger partial charge >= 0.3 is 12.5 Å². The lowest BCUT2D eigenvalue weighted by Gasteiger charge is -2.29. The van der Waals surface area contributed by atoms with Crippen LogP contribution in [0, 0.1) is 0 Å². The maximum absolute atomic E-state index is 13.6. The zero-order valence-corrected chi connectivity index (χ0v) is 23.1. The van der Waals surface area contributed by atoms with Crippen LogP contribution in [0.1, 0.15) is 24.5 Å². The molecule has 3 aromatic rings. The molecule has 0 spiro atoms. The van der Waals surface area contributed by atoms with Crippen LogP contribution in [0.15, 0.2) is 93.0 Å². The lowest BCUT2D eigenvalue weighted by molar-refractivity contribution is -0.274. The van der Waals surface area contributed by atoms with Gasteiger partial charge in [0.15, 0.2) is 10.9 Å². The highest BCUT2D eigenvalue weighted by Gasteiger charge is 2.32. The van der Waals surface area contributed by atoms with Crippen LogP contribution in [-0.2, 0) is 4.79 Å². The molecule has 224 valence electrons. The van der Waals surface area contributed by atoms with Crippen LogP contribution in [-0.4, -0.2) is 47.7 Å². The zero-order chi connectivity index (χ0) is 31.0. The second-order valence-corrected chi connectivity index (χ2v) is 9.82. The molecule has 1 aliphatic rings. The summed E-state index contributed by atoms with van der Waals surface area (Å²) in [7, 11) is 0. The summed E-state index contributed by atoms with van der Waals surface area (Å²) >= 11 is 1.25. The van der Waals surface area contributed by atoms with E-state index >= 15 is 0 Å². The number of amides is 1. The standard InChI is InChI=1S/C28H23F5N6O3S/c1-27(29,30)42-23-5-3-2-4-22(23)39-24(40)14-15-43-26(39)38-37-16-18-6-8-19(9-7-18)25(34)36-17-35-20-10-12-21(13-11-20)41-28(31,32)33/h2-13,16-17H,14-15H2,1H3,(H2,34,35,36)/b37-16-,38-26+. The van der Waals surface area contributed by atoms with Crippen molar-refractivity contribution in [2.45, 2.75) is 25.8 Å². The molecule has 0 atom stereocenters. The molecule has 0 radical (unpaired) electrons. The number of para-hydroxylation sites is 2. The molecule has 15 heteroatoms. The molecule has 0 bridgehead atoms. The summed E-state index contributed by atoms with van der Waals surface area (Å²) in [6.07, 6.45) is -5.44. The Morgan fingerprint density at radius 1 is 0.977 bits per heavy atom. The van der Waals surface area contributed by atoms with Gasteiger partial charge in [-0.15, -0.1) is 18.3 Å². The summed E-state index contributed by atoms with van der Waals surface area (Å²) in [5.41, 5.74) is 7.67. The van der Waals surface area contributed by atoms with E-state index in [1.54, 1.807) is 30.3 Å². The molecular weight excluding hydrogens is 595 g/mol. The van der Waals surface area contributed by atoms with Crippen LogP contribution in [0.2, 0.25) is 0 Å². The number of hydrogen-bond donors (Lipinski definition) is 1. The molecule has 0 aliphatic carbocycles. The van der Waals surface area contributed by atoms with Gasteiger partial charge < -0.3 is 15.2 Å². The fourth-order valence-corrected chi connectivity index (χ4v) is 4.49. The van der Waals surface area contributed by atoms with E-state index in [0.717, 1.165) is 12.1 Å². The number of carbonyl (C=O) groups excluding carboxylic acids is 1. The third-order valence-corrected chi connectivity index (χ3v) is 6.34. The first-order chi connectivity index (χ1) is 20.4. The minimum absolute atomic E-state index is 0.130. The normalized spacial score (nSPS) is 16.0. The van der Waals surface area contributed by atoms with E-state index in [1.165, 1.54) is 59.5 Å². The first-order valence-electron chi connectivity index (χ1n) is 12.4. The first kappa shape index (κ1) is 31.2. The van der Waals surface area contributed by atoms with Gasteiger partial charge in [0, 0.05) is 24.7 Å². The molecule has 1 fully saturated rings. The van der Waals surface area contributed by atoms with Gasteiger partial charge in [-0.05, 0) is 42.0 Å². The van der Waals surface area contributed by atoms with Crippen molar-refractivity contribution in [2.75, 3.05) is 10.7 Å². The molecular formula is C28H23F5N6O3S. The largest absolute Gasteiger partial charge is 0.573 e. The highest BCUT2D eigenvalue weighted by atomic mass is 32.2. The number of benzene rings is 3. The maximum Gasteiger partial charge on any atom is 0.573 e. The number of anilines is 1. The van der Waals surface area contributed by atoms with Gasteiger partial charge in [-0.25, -0.2) is 9.98 Å². The Morgan fingerprint density at radius 3 is 2.35 bits per heavy atom. The Labute approximate surface area is 246 Å². The van der Waals surface area contributed by atoms with E-state index in [1.807, 2.05) is 0 Å².